The van der Waals surface area contributed by atoms with E-state index in [1.807, 2.05) is 0 Å². The summed E-state index contributed by atoms with van der Waals surface area (Å²) in [5.74, 6) is 0. The van der Waals surface area contributed by atoms with Gasteiger partial charge in [0.25, 0.3) is 0 Å². The monoisotopic (exact) mass is 327 g/mol. The van der Waals surface area contributed by atoms with E-state index < -0.39 is 0 Å². The van der Waals surface area contributed by atoms with Crippen molar-refractivity contribution in [1.82, 2.24) is 10.2 Å². The van der Waals surface area contributed by atoms with Crippen LogP contribution in [-0.4, -0.2) is 43.7 Å². The van der Waals surface area contributed by atoms with Crippen LogP contribution in [0.15, 0.2) is 18.2 Å². The van der Waals surface area contributed by atoms with E-state index >= 15 is 0 Å². The maximum Gasteiger partial charge on any atom is 0.0370 e. The quantitative estimate of drug-likeness (QED) is 0.893. The molecular formula is C21H33N3. The second kappa shape index (κ2) is 7.45. The molecule has 2 fully saturated rings. The zero-order chi connectivity index (χ0) is 16.4. The Bertz CT molecular complexity index is 542. The molecule has 1 atom stereocenters. The molecule has 1 aliphatic carbocycles. The highest BCUT2D eigenvalue weighted by Gasteiger charge is 2.25. The molecule has 1 saturated heterocycles. The summed E-state index contributed by atoms with van der Waals surface area (Å²) in [5.41, 5.74) is 4.52. The van der Waals surface area contributed by atoms with Gasteiger partial charge in [0.1, 0.15) is 0 Å². The number of rotatable bonds is 2. The van der Waals surface area contributed by atoms with Gasteiger partial charge in [0.05, 0.1) is 0 Å². The van der Waals surface area contributed by atoms with Gasteiger partial charge in [-0.25, -0.2) is 0 Å². The van der Waals surface area contributed by atoms with Gasteiger partial charge in [-0.3, -0.25) is 4.90 Å². The lowest BCUT2D eigenvalue weighted by atomic mass is 9.93. The van der Waals surface area contributed by atoms with Gasteiger partial charge in [-0.15, -0.1) is 0 Å². The summed E-state index contributed by atoms with van der Waals surface area (Å²) < 4.78 is 0. The van der Waals surface area contributed by atoms with Gasteiger partial charge in [-0.2, -0.15) is 0 Å². The second-order valence-corrected chi connectivity index (χ2v) is 7.98. The van der Waals surface area contributed by atoms with Gasteiger partial charge in [-0.05, 0) is 62.4 Å². The summed E-state index contributed by atoms with van der Waals surface area (Å²) in [7, 11) is 0. The molecule has 1 aromatic rings. The van der Waals surface area contributed by atoms with Crippen molar-refractivity contribution >= 4 is 5.69 Å². The first-order chi connectivity index (χ1) is 11.8. The van der Waals surface area contributed by atoms with Crippen molar-refractivity contribution in [2.45, 2.75) is 64.0 Å². The van der Waals surface area contributed by atoms with Crippen molar-refractivity contribution in [2.24, 2.45) is 0 Å². The normalized spacial score (nSPS) is 26.9. The van der Waals surface area contributed by atoms with Gasteiger partial charge in [0, 0.05) is 44.0 Å². The molecule has 0 unspecified atom stereocenters. The first kappa shape index (κ1) is 16.4. The smallest absolute Gasteiger partial charge is 0.0370 e. The maximum absolute atomic E-state index is 3.65. The highest BCUT2D eigenvalue weighted by Crippen LogP contribution is 2.29. The molecule has 3 heteroatoms. The van der Waals surface area contributed by atoms with E-state index in [1.54, 1.807) is 5.56 Å². The van der Waals surface area contributed by atoms with Gasteiger partial charge >= 0.3 is 0 Å². The molecule has 2 aliphatic heterocycles. The van der Waals surface area contributed by atoms with Crippen LogP contribution in [0.5, 0.6) is 0 Å². The summed E-state index contributed by atoms with van der Waals surface area (Å²) in [6.45, 7) is 8.33. The average Bonchev–Trinajstić information content (AvgIpc) is 2.84. The zero-order valence-corrected chi connectivity index (χ0v) is 15.3. The molecule has 3 aliphatic rings. The lowest BCUT2D eigenvalue weighted by Crippen LogP contribution is -2.50. The predicted octanol–water partition coefficient (Wildman–Crippen LogP) is 3.74. The first-order valence-corrected chi connectivity index (χ1v) is 10.2. The Morgan fingerprint density at radius 3 is 2.54 bits per heavy atom. The molecule has 3 nitrogen and oxygen atoms in total. The molecule has 0 aromatic heterocycles. The summed E-state index contributed by atoms with van der Waals surface area (Å²) in [5, 5.41) is 3.65. The SMILES string of the molecule is C[C@@H]1NCCCc2ccc(N3CCN(C4CCCCC4)CC3)cc21. The number of hydrogen-bond donors (Lipinski definition) is 1. The molecule has 1 saturated carbocycles. The predicted molar refractivity (Wildman–Crippen MR) is 102 cm³/mol. The van der Waals surface area contributed by atoms with Crippen LogP contribution in [0.1, 0.15) is 62.6 Å². The summed E-state index contributed by atoms with van der Waals surface area (Å²) in [4.78, 5) is 5.38. The second-order valence-electron chi connectivity index (χ2n) is 7.98. The van der Waals surface area contributed by atoms with E-state index in [0.29, 0.717) is 6.04 Å². The molecular weight excluding hydrogens is 294 g/mol. The Labute approximate surface area is 147 Å². The molecule has 0 radical (unpaired) electrons. The highest BCUT2D eigenvalue weighted by atomic mass is 15.3. The topological polar surface area (TPSA) is 18.5 Å². The number of nitrogens with one attached hydrogen (secondary N) is 1. The van der Waals surface area contributed by atoms with Crippen molar-refractivity contribution in [3.8, 4) is 0 Å². The number of anilines is 1. The third-order valence-corrected chi connectivity index (χ3v) is 6.44. The number of piperazine rings is 1. The average molecular weight is 328 g/mol. The van der Waals surface area contributed by atoms with Crippen molar-refractivity contribution in [3.05, 3.63) is 29.3 Å². The molecule has 132 valence electrons. The Morgan fingerprint density at radius 1 is 0.958 bits per heavy atom. The fourth-order valence-corrected chi connectivity index (χ4v) is 4.91. The maximum atomic E-state index is 3.65. The minimum absolute atomic E-state index is 0.492. The van der Waals surface area contributed by atoms with Crippen LogP contribution in [0.4, 0.5) is 5.69 Å². The molecule has 0 amide bonds. The van der Waals surface area contributed by atoms with Crippen LogP contribution in [0, 0.1) is 0 Å². The molecule has 0 spiro atoms. The number of hydrogen-bond acceptors (Lipinski definition) is 3. The van der Waals surface area contributed by atoms with E-state index in [9.17, 15) is 0 Å². The third kappa shape index (κ3) is 3.48. The van der Waals surface area contributed by atoms with Crippen LogP contribution >= 0.6 is 0 Å². The molecule has 1 N–H and O–H groups in total. The van der Waals surface area contributed by atoms with E-state index in [-0.39, 0.29) is 0 Å². The lowest BCUT2D eigenvalue weighted by molar-refractivity contribution is 0.148. The first-order valence-electron chi connectivity index (χ1n) is 10.2. The molecule has 2 heterocycles. The Hall–Kier alpha value is -1.06. The fourth-order valence-electron chi connectivity index (χ4n) is 4.91. The largest absolute Gasteiger partial charge is 0.369 e. The summed E-state index contributed by atoms with van der Waals surface area (Å²) >= 11 is 0. The molecule has 1 aromatic carbocycles. The van der Waals surface area contributed by atoms with Gasteiger partial charge in [0.15, 0.2) is 0 Å². The van der Waals surface area contributed by atoms with Crippen LogP contribution < -0.4 is 10.2 Å². The van der Waals surface area contributed by atoms with Crippen LogP contribution in [0.3, 0.4) is 0 Å². The van der Waals surface area contributed by atoms with Crippen LogP contribution in [0.2, 0.25) is 0 Å². The number of benzene rings is 1. The van der Waals surface area contributed by atoms with Gasteiger partial charge in [-0.1, -0.05) is 25.3 Å². The summed E-state index contributed by atoms with van der Waals surface area (Å²) in [6.07, 6.45) is 9.70. The van der Waals surface area contributed by atoms with Crippen LogP contribution in [-0.2, 0) is 6.42 Å². The van der Waals surface area contributed by atoms with Crippen molar-refractivity contribution in [3.63, 3.8) is 0 Å². The Balaban J connectivity index is 1.42. The van der Waals surface area contributed by atoms with Crippen LogP contribution in [0.25, 0.3) is 0 Å². The molecule has 24 heavy (non-hydrogen) atoms. The summed E-state index contributed by atoms with van der Waals surface area (Å²) in [6, 6.07) is 8.59. The van der Waals surface area contributed by atoms with E-state index in [1.165, 1.54) is 82.4 Å². The molecule has 0 bridgehead atoms. The van der Waals surface area contributed by atoms with Crippen molar-refractivity contribution in [2.75, 3.05) is 37.6 Å². The molecule has 4 rings (SSSR count). The standard InChI is InChI=1S/C21H33N3/c1-17-21-16-20(10-9-18(21)6-5-11-22-17)24-14-12-23(13-15-24)19-7-3-2-4-8-19/h9-10,16-17,19,22H,2-8,11-15H2,1H3/t17-/m0/s1. The Kier molecular flexibility index (Phi) is 5.09. The minimum Gasteiger partial charge on any atom is -0.369 e. The van der Waals surface area contributed by atoms with Crippen molar-refractivity contribution < 1.29 is 0 Å². The van der Waals surface area contributed by atoms with Gasteiger partial charge < -0.3 is 10.2 Å². The van der Waals surface area contributed by atoms with E-state index in [4.69, 9.17) is 0 Å². The Morgan fingerprint density at radius 2 is 1.75 bits per heavy atom. The van der Waals surface area contributed by atoms with Gasteiger partial charge in [0.2, 0.25) is 0 Å². The number of aryl methyl sites for hydroxylation is 1. The third-order valence-electron chi connectivity index (χ3n) is 6.44. The van der Waals surface area contributed by atoms with E-state index in [2.05, 4.69) is 40.2 Å². The lowest BCUT2D eigenvalue weighted by Gasteiger charge is -2.41. The van der Waals surface area contributed by atoms with E-state index in [0.717, 1.165) is 12.6 Å². The minimum atomic E-state index is 0.492. The highest BCUT2D eigenvalue weighted by molar-refractivity contribution is 5.52. The zero-order valence-electron chi connectivity index (χ0n) is 15.3. The number of fused-ring (bicyclic) bond motifs is 1. The fraction of sp³-hybridized carbons (Fsp3) is 0.714. The van der Waals surface area contributed by atoms with Crippen molar-refractivity contribution in [1.29, 1.82) is 0 Å². The number of nitrogens with zero attached hydrogens (tertiary/aromatic N) is 2.